The highest BCUT2D eigenvalue weighted by molar-refractivity contribution is 5.84. The summed E-state index contributed by atoms with van der Waals surface area (Å²) in [6.07, 6.45) is -0.714. The Labute approximate surface area is 83.4 Å². The summed E-state index contributed by atoms with van der Waals surface area (Å²) in [5.74, 6) is -0.827. The maximum absolute atomic E-state index is 11.1. The van der Waals surface area contributed by atoms with Crippen LogP contribution in [0.15, 0.2) is 0 Å². The first-order valence-electron chi connectivity index (χ1n) is 4.61. The van der Waals surface area contributed by atoms with Gasteiger partial charge in [0.1, 0.15) is 6.04 Å². The molecule has 5 nitrogen and oxygen atoms in total. The molecule has 0 saturated carbocycles. The molecule has 0 aromatic carbocycles. The predicted octanol–water partition coefficient (Wildman–Crippen LogP) is -0.175. The van der Waals surface area contributed by atoms with E-state index in [1.807, 2.05) is 0 Å². The Bertz CT molecular complexity index is 203. The molecule has 0 aliphatic carbocycles. The summed E-state index contributed by atoms with van der Waals surface area (Å²) in [7, 11) is 0. The van der Waals surface area contributed by atoms with Gasteiger partial charge in [0, 0.05) is 0 Å². The first kappa shape index (κ1) is 12.9. The summed E-state index contributed by atoms with van der Waals surface area (Å²) in [5, 5.41) is 11.3. The minimum atomic E-state index is -0.704. The van der Waals surface area contributed by atoms with Crippen molar-refractivity contribution in [2.75, 3.05) is 6.61 Å². The molecule has 5 heteroatoms. The fraction of sp³-hybridized carbons (Fsp3) is 0.778. The number of rotatable bonds is 5. The van der Waals surface area contributed by atoms with Gasteiger partial charge < -0.3 is 15.2 Å². The van der Waals surface area contributed by atoms with Crippen LogP contribution in [0.4, 0.5) is 0 Å². The average molecular weight is 203 g/mol. The van der Waals surface area contributed by atoms with Gasteiger partial charge in [-0.05, 0) is 20.8 Å². The van der Waals surface area contributed by atoms with Crippen LogP contribution < -0.4 is 5.32 Å². The van der Waals surface area contributed by atoms with E-state index in [1.54, 1.807) is 6.92 Å². The molecule has 0 aromatic heterocycles. The Hall–Kier alpha value is -1.10. The summed E-state index contributed by atoms with van der Waals surface area (Å²) in [5.41, 5.74) is 0. The Balaban J connectivity index is 3.87. The third-order valence-electron chi connectivity index (χ3n) is 1.50. The molecule has 0 heterocycles. The van der Waals surface area contributed by atoms with Crippen molar-refractivity contribution in [1.29, 1.82) is 0 Å². The van der Waals surface area contributed by atoms with E-state index in [1.165, 1.54) is 13.8 Å². The van der Waals surface area contributed by atoms with Gasteiger partial charge in [0.15, 0.2) is 0 Å². The van der Waals surface area contributed by atoms with E-state index < -0.39 is 18.1 Å². The zero-order chi connectivity index (χ0) is 11.1. The van der Waals surface area contributed by atoms with Crippen molar-refractivity contribution in [2.24, 2.45) is 0 Å². The molecule has 0 bridgehead atoms. The fourth-order valence-corrected chi connectivity index (χ4v) is 0.895. The lowest BCUT2D eigenvalue weighted by molar-refractivity contribution is -0.147. The van der Waals surface area contributed by atoms with Gasteiger partial charge in [-0.3, -0.25) is 4.79 Å². The van der Waals surface area contributed by atoms with Gasteiger partial charge in [-0.15, -0.1) is 0 Å². The highest BCUT2D eigenvalue weighted by Crippen LogP contribution is 1.92. The van der Waals surface area contributed by atoms with E-state index in [0.29, 0.717) is 0 Å². The van der Waals surface area contributed by atoms with Crippen molar-refractivity contribution in [2.45, 2.75) is 39.3 Å². The molecule has 0 unspecified atom stereocenters. The van der Waals surface area contributed by atoms with Gasteiger partial charge in [-0.1, -0.05) is 0 Å². The van der Waals surface area contributed by atoms with Crippen LogP contribution >= 0.6 is 0 Å². The van der Waals surface area contributed by atoms with E-state index in [2.05, 4.69) is 5.32 Å². The van der Waals surface area contributed by atoms with Crippen molar-refractivity contribution in [3.8, 4) is 0 Å². The van der Waals surface area contributed by atoms with Crippen molar-refractivity contribution >= 4 is 11.9 Å². The van der Waals surface area contributed by atoms with Crippen LogP contribution in [0.2, 0.25) is 0 Å². The number of ether oxygens (including phenoxy) is 1. The minimum absolute atomic E-state index is 0.0102. The van der Waals surface area contributed by atoms with Crippen LogP contribution in [0.1, 0.15) is 27.2 Å². The van der Waals surface area contributed by atoms with E-state index in [9.17, 15) is 9.59 Å². The van der Waals surface area contributed by atoms with Gasteiger partial charge in [0.2, 0.25) is 5.91 Å². The second kappa shape index (κ2) is 6.37. The van der Waals surface area contributed by atoms with Crippen molar-refractivity contribution < 1.29 is 19.4 Å². The fourth-order valence-electron chi connectivity index (χ4n) is 0.895. The SMILES string of the molecule is CCOC(=O)[C@@H](C)NC(=O)C[C@@H](C)O. The lowest BCUT2D eigenvalue weighted by atomic mass is 10.2. The number of carbonyl (C=O) groups is 2. The molecule has 82 valence electrons. The molecular formula is C9H17NO4. The van der Waals surface area contributed by atoms with Crippen LogP contribution in [0.25, 0.3) is 0 Å². The number of esters is 1. The summed E-state index contributed by atoms with van der Waals surface area (Å²) in [6.45, 7) is 5.03. The quantitative estimate of drug-likeness (QED) is 0.608. The van der Waals surface area contributed by atoms with Crippen LogP contribution in [0, 0.1) is 0 Å². The first-order valence-corrected chi connectivity index (χ1v) is 4.61. The Morgan fingerprint density at radius 1 is 1.43 bits per heavy atom. The summed E-state index contributed by atoms with van der Waals surface area (Å²) in [4.78, 5) is 22.2. The summed E-state index contributed by atoms with van der Waals surface area (Å²) < 4.78 is 4.69. The molecular weight excluding hydrogens is 186 g/mol. The van der Waals surface area contributed by atoms with E-state index >= 15 is 0 Å². The molecule has 0 aliphatic rings. The maximum Gasteiger partial charge on any atom is 0.328 e. The predicted molar refractivity (Wildman–Crippen MR) is 50.5 cm³/mol. The van der Waals surface area contributed by atoms with Gasteiger partial charge >= 0.3 is 5.97 Å². The van der Waals surface area contributed by atoms with Crippen LogP contribution in [0.3, 0.4) is 0 Å². The summed E-state index contributed by atoms with van der Waals surface area (Å²) >= 11 is 0. The van der Waals surface area contributed by atoms with Gasteiger partial charge in [-0.2, -0.15) is 0 Å². The molecule has 1 amide bonds. The van der Waals surface area contributed by atoms with E-state index in [-0.39, 0.29) is 18.9 Å². The van der Waals surface area contributed by atoms with Gasteiger partial charge in [0.05, 0.1) is 19.1 Å². The maximum atomic E-state index is 11.1. The zero-order valence-electron chi connectivity index (χ0n) is 8.74. The highest BCUT2D eigenvalue weighted by atomic mass is 16.5. The minimum Gasteiger partial charge on any atom is -0.464 e. The average Bonchev–Trinajstić information content (AvgIpc) is 2.02. The molecule has 14 heavy (non-hydrogen) atoms. The summed E-state index contributed by atoms with van der Waals surface area (Å²) in [6, 6.07) is -0.666. The molecule has 0 radical (unpaired) electrons. The third-order valence-corrected chi connectivity index (χ3v) is 1.50. The van der Waals surface area contributed by atoms with E-state index in [0.717, 1.165) is 0 Å². The lowest BCUT2D eigenvalue weighted by Gasteiger charge is -2.12. The van der Waals surface area contributed by atoms with Crippen LogP contribution in [-0.2, 0) is 14.3 Å². The standard InChI is InChI=1S/C9H17NO4/c1-4-14-9(13)7(3)10-8(12)5-6(2)11/h6-7,11H,4-5H2,1-3H3,(H,10,12)/t6-,7-/m1/s1. The lowest BCUT2D eigenvalue weighted by Crippen LogP contribution is -2.40. The molecule has 0 saturated heterocycles. The van der Waals surface area contributed by atoms with Gasteiger partial charge in [-0.25, -0.2) is 4.79 Å². The van der Waals surface area contributed by atoms with Crippen molar-refractivity contribution in [1.82, 2.24) is 5.32 Å². The Kier molecular flexibility index (Phi) is 5.87. The van der Waals surface area contributed by atoms with Crippen LogP contribution in [0.5, 0.6) is 0 Å². The zero-order valence-corrected chi connectivity index (χ0v) is 8.74. The first-order chi connectivity index (χ1) is 6.47. The molecule has 0 spiro atoms. The van der Waals surface area contributed by atoms with Crippen LogP contribution in [-0.4, -0.2) is 35.7 Å². The molecule has 0 aliphatic heterocycles. The molecule has 2 N–H and O–H groups in total. The smallest absolute Gasteiger partial charge is 0.328 e. The third kappa shape index (κ3) is 5.53. The number of aliphatic hydroxyl groups excluding tert-OH is 1. The second-order valence-corrected chi connectivity index (χ2v) is 3.09. The number of nitrogens with one attached hydrogen (secondary N) is 1. The molecule has 0 fully saturated rings. The largest absolute Gasteiger partial charge is 0.464 e. The molecule has 0 aromatic rings. The number of hydrogen-bond donors (Lipinski definition) is 2. The normalized spacial score (nSPS) is 14.3. The number of hydrogen-bond acceptors (Lipinski definition) is 4. The molecule has 0 rings (SSSR count). The van der Waals surface area contributed by atoms with Crippen molar-refractivity contribution in [3.63, 3.8) is 0 Å². The topological polar surface area (TPSA) is 75.6 Å². The monoisotopic (exact) mass is 203 g/mol. The number of carbonyl (C=O) groups excluding carboxylic acids is 2. The van der Waals surface area contributed by atoms with Gasteiger partial charge in [0.25, 0.3) is 0 Å². The second-order valence-electron chi connectivity index (χ2n) is 3.09. The number of aliphatic hydroxyl groups is 1. The Morgan fingerprint density at radius 3 is 2.43 bits per heavy atom. The molecule has 2 atom stereocenters. The highest BCUT2D eigenvalue weighted by Gasteiger charge is 2.16. The number of amides is 1. The Morgan fingerprint density at radius 2 is 2.00 bits per heavy atom. The van der Waals surface area contributed by atoms with E-state index in [4.69, 9.17) is 9.84 Å². The van der Waals surface area contributed by atoms with Crippen molar-refractivity contribution in [3.05, 3.63) is 0 Å².